The molecule has 2 atom stereocenters. The van der Waals surface area contributed by atoms with Gasteiger partial charge in [-0.1, -0.05) is 18.5 Å². The second kappa shape index (κ2) is 6.18. The number of halogens is 1. The van der Waals surface area contributed by atoms with Crippen LogP contribution in [0, 0.1) is 5.92 Å². The van der Waals surface area contributed by atoms with Gasteiger partial charge in [0, 0.05) is 18.7 Å². The fraction of sp³-hybridized carbons (Fsp3) is 0.500. The molecule has 0 bridgehead atoms. The molecule has 1 aromatic carbocycles. The van der Waals surface area contributed by atoms with Gasteiger partial charge in [-0.2, -0.15) is 0 Å². The van der Waals surface area contributed by atoms with Crippen LogP contribution in [0.3, 0.4) is 0 Å². The van der Waals surface area contributed by atoms with E-state index in [2.05, 4.69) is 0 Å². The second-order valence-corrected chi connectivity index (χ2v) is 7.51. The van der Waals surface area contributed by atoms with E-state index in [9.17, 15) is 13.2 Å². The normalized spacial score (nSPS) is 23.6. The van der Waals surface area contributed by atoms with E-state index in [1.165, 1.54) is 12.1 Å². The van der Waals surface area contributed by atoms with Crippen molar-refractivity contribution < 1.29 is 27.4 Å². The summed E-state index contributed by atoms with van der Waals surface area (Å²) in [6.07, 6.45) is -0.0658. The van der Waals surface area contributed by atoms with Gasteiger partial charge in [0.25, 0.3) is 15.9 Å². The molecule has 2 heterocycles. The van der Waals surface area contributed by atoms with Gasteiger partial charge in [-0.3, -0.25) is 4.79 Å². The molecule has 0 unspecified atom stereocenters. The number of hydrogen-bond donors (Lipinski definition) is 1. The summed E-state index contributed by atoms with van der Waals surface area (Å²) in [6.45, 7) is 2.95. The van der Waals surface area contributed by atoms with E-state index in [0.717, 1.165) is 0 Å². The fourth-order valence-electron chi connectivity index (χ4n) is 2.53. The zero-order chi connectivity index (χ0) is 16.6. The number of rotatable bonds is 3. The van der Waals surface area contributed by atoms with Crippen molar-refractivity contribution in [2.45, 2.75) is 24.3 Å². The molecule has 0 aliphatic carbocycles. The van der Waals surface area contributed by atoms with Crippen LogP contribution in [-0.2, 0) is 19.6 Å². The Kier molecular flexibility index (Phi) is 4.39. The largest absolute Gasteiger partial charge is 0.486 e. The number of carbonyl (C=O) groups excluding carboxylic acids is 1. The van der Waals surface area contributed by atoms with Crippen molar-refractivity contribution in [2.75, 3.05) is 19.8 Å². The Labute approximate surface area is 138 Å². The molecular formula is C14H16ClNO6S. The molecule has 7 nitrogen and oxygen atoms in total. The highest BCUT2D eigenvalue weighted by Crippen LogP contribution is 2.37. The standard InChI is InChI=1S/C14H16ClNO6S/c1-8-2-3-22-13(8)14(17)16-23(18,19)12-7-11-10(6-9(12)15)20-4-5-21-11/h6-8,13H,2-5H2,1H3,(H,16,17)/t8-,13+/m1/s1. The van der Waals surface area contributed by atoms with Crippen LogP contribution in [0.5, 0.6) is 11.5 Å². The number of nitrogens with one attached hydrogen (secondary N) is 1. The van der Waals surface area contributed by atoms with E-state index in [-0.39, 0.29) is 21.6 Å². The monoisotopic (exact) mass is 361 g/mol. The van der Waals surface area contributed by atoms with Gasteiger partial charge in [0.05, 0.1) is 5.02 Å². The average Bonchev–Trinajstić information content (AvgIpc) is 2.92. The minimum atomic E-state index is -4.13. The van der Waals surface area contributed by atoms with Gasteiger partial charge in [0.2, 0.25) is 0 Å². The number of hydrogen-bond acceptors (Lipinski definition) is 6. The minimum absolute atomic E-state index is 0.0408. The highest BCUT2D eigenvalue weighted by Gasteiger charge is 2.34. The molecule has 1 N–H and O–H groups in total. The van der Waals surface area contributed by atoms with Crippen molar-refractivity contribution >= 4 is 27.5 Å². The van der Waals surface area contributed by atoms with Gasteiger partial charge in [-0.05, 0) is 12.3 Å². The molecule has 1 saturated heterocycles. The highest BCUT2D eigenvalue weighted by atomic mass is 35.5. The summed E-state index contributed by atoms with van der Waals surface area (Å²) in [5.41, 5.74) is 0. The molecule has 0 spiro atoms. The number of amides is 1. The first kappa shape index (κ1) is 16.4. The smallest absolute Gasteiger partial charge is 0.265 e. The van der Waals surface area contributed by atoms with Crippen LogP contribution >= 0.6 is 11.6 Å². The molecule has 126 valence electrons. The van der Waals surface area contributed by atoms with Crippen LogP contribution in [-0.4, -0.2) is 40.2 Å². The van der Waals surface area contributed by atoms with E-state index in [1.54, 1.807) is 0 Å². The van der Waals surface area contributed by atoms with Gasteiger partial charge < -0.3 is 14.2 Å². The molecule has 1 amide bonds. The molecule has 2 aliphatic rings. The third kappa shape index (κ3) is 3.24. The maximum atomic E-state index is 12.4. The van der Waals surface area contributed by atoms with Crippen molar-refractivity contribution in [2.24, 2.45) is 5.92 Å². The minimum Gasteiger partial charge on any atom is -0.486 e. The Morgan fingerprint density at radius 1 is 1.22 bits per heavy atom. The predicted octanol–water partition coefficient (Wildman–Crippen LogP) is 1.34. The van der Waals surface area contributed by atoms with E-state index in [1.807, 2.05) is 11.6 Å². The Bertz CT molecular complexity index is 735. The van der Waals surface area contributed by atoms with Gasteiger partial charge in [-0.15, -0.1) is 0 Å². The predicted molar refractivity (Wildman–Crippen MR) is 81.3 cm³/mol. The first-order valence-electron chi connectivity index (χ1n) is 7.16. The third-order valence-corrected chi connectivity index (χ3v) is 5.58. The van der Waals surface area contributed by atoms with E-state index in [0.29, 0.717) is 32.0 Å². The summed E-state index contributed by atoms with van der Waals surface area (Å²) >= 11 is 6.02. The van der Waals surface area contributed by atoms with Crippen molar-refractivity contribution in [1.82, 2.24) is 4.72 Å². The Balaban J connectivity index is 1.86. The first-order chi connectivity index (χ1) is 10.9. The third-order valence-electron chi connectivity index (χ3n) is 3.77. The van der Waals surface area contributed by atoms with Crippen LogP contribution in [0.2, 0.25) is 5.02 Å². The topological polar surface area (TPSA) is 90.9 Å². The molecule has 3 rings (SSSR count). The fourth-order valence-corrected chi connectivity index (χ4v) is 4.05. The summed E-state index contributed by atoms with van der Waals surface area (Å²) in [5.74, 6) is -0.0832. The number of sulfonamides is 1. The first-order valence-corrected chi connectivity index (χ1v) is 9.02. The molecule has 1 aromatic rings. The zero-order valence-electron chi connectivity index (χ0n) is 12.4. The van der Waals surface area contributed by atoms with E-state index in [4.69, 9.17) is 25.8 Å². The zero-order valence-corrected chi connectivity index (χ0v) is 13.9. The summed E-state index contributed by atoms with van der Waals surface area (Å²) in [6, 6.07) is 2.62. The van der Waals surface area contributed by atoms with Crippen molar-refractivity contribution in [3.8, 4) is 11.5 Å². The Hall–Kier alpha value is -1.51. The van der Waals surface area contributed by atoms with Crippen molar-refractivity contribution in [3.63, 3.8) is 0 Å². The van der Waals surface area contributed by atoms with Crippen LogP contribution in [0.1, 0.15) is 13.3 Å². The van der Waals surface area contributed by atoms with Gasteiger partial charge in [0.15, 0.2) is 11.5 Å². The number of fused-ring (bicyclic) bond motifs is 1. The molecule has 0 radical (unpaired) electrons. The van der Waals surface area contributed by atoms with Gasteiger partial charge >= 0.3 is 0 Å². The summed E-state index contributed by atoms with van der Waals surface area (Å²) < 4.78 is 42.9. The molecule has 2 aliphatic heterocycles. The molecule has 0 saturated carbocycles. The summed E-state index contributed by atoms with van der Waals surface area (Å²) in [5, 5.41) is -0.0464. The Morgan fingerprint density at radius 2 is 1.87 bits per heavy atom. The maximum Gasteiger partial charge on any atom is 0.265 e. The van der Waals surface area contributed by atoms with E-state index >= 15 is 0 Å². The van der Waals surface area contributed by atoms with Gasteiger partial charge in [0.1, 0.15) is 24.2 Å². The van der Waals surface area contributed by atoms with Crippen LogP contribution in [0.15, 0.2) is 17.0 Å². The quantitative estimate of drug-likeness (QED) is 0.873. The average molecular weight is 362 g/mol. The molecule has 0 aromatic heterocycles. The lowest BCUT2D eigenvalue weighted by atomic mass is 10.0. The Morgan fingerprint density at radius 3 is 2.48 bits per heavy atom. The van der Waals surface area contributed by atoms with Crippen LogP contribution in [0.4, 0.5) is 0 Å². The lowest BCUT2D eigenvalue weighted by Crippen LogP contribution is -2.40. The molecule has 1 fully saturated rings. The lowest BCUT2D eigenvalue weighted by molar-refractivity contribution is -0.129. The number of carbonyl (C=O) groups is 1. The van der Waals surface area contributed by atoms with Crippen molar-refractivity contribution in [3.05, 3.63) is 17.2 Å². The number of benzene rings is 1. The molecular weight excluding hydrogens is 346 g/mol. The van der Waals surface area contributed by atoms with Crippen LogP contribution in [0.25, 0.3) is 0 Å². The molecule has 23 heavy (non-hydrogen) atoms. The van der Waals surface area contributed by atoms with E-state index < -0.39 is 22.0 Å². The van der Waals surface area contributed by atoms with Crippen LogP contribution < -0.4 is 14.2 Å². The molecule has 9 heteroatoms. The summed E-state index contributed by atoms with van der Waals surface area (Å²) in [7, 11) is -4.13. The summed E-state index contributed by atoms with van der Waals surface area (Å²) in [4.78, 5) is 11.9. The maximum absolute atomic E-state index is 12.4. The highest BCUT2D eigenvalue weighted by molar-refractivity contribution is 7.90. The SMILES string of the molecule is C[C@@H]1CCO[C@@H]1C(=O)NS(=O)(=O)c1cc2c(cc1Cl)OCCO2. The second-order valence-electron chi connectivity index (χ2n) is 5.45. The lowest BCUT2D eigenvalue weighted by Gasteiger charge is -2.20. The van der Waals surface area contributed by atoms with Crippen molar-refractivity contribution in [1.29, 1.82) is 0 Å². The number of ether oxygens (including phenoxy) is 3. The van der Waals surface area contributed by atoms with Gasteiger partial charge in [-0.25, -0.2) is 13.1 Å².